The van der Waals surface area contributed by atoms with Gasteiger partial charge in [-0.3, -0.25) is 4.99 Å². The largest absolute Gasteiger partial charge is 0.470 e. The monoisotopic (exact) mass is 518 g/mol. The van der Waals surface area contributed by atoms with E-state index >= 15 is 0 Å². The highest BCUT2D eigenvalue weighted by atomic mass is 32.2. The van der Waals surface area contributed by atoms with Gasteiger partial charge >= 0.3 is 0 Å². The van der Waals surface area contributed by atoms with Crippen LogP contribution in [0, 0.1) is 5.82 Å². The van der Waals surface area contributed by atoms with E-state index < -0.39 is 57.3 Å². The normalized spacial score (nSPS) is 23.3. The highest BCUT2D eigenvalue weighted by Crippen LogP contribution is 2.42. The molecule has 0 radical (unpaired) electrons. The number of sulfone groups is 1. The Labute approximate surface area is 198 Å². The van der Waals surface area contributed by atoms with Gasteiger partial charge < -0.3 is 10.5 Å². The van der Waals surface area contributed by atoms with E-state index in [-0.39, 0.29) is 35.5 Å². The van der Waals surface area contributed by atoms with Crippen LogP contribution in [0.15, 0.2) is 35.6 Å². The average Bonchev–Trinajstić information content (AvgIpc) is 2.78. The molecule has 2 atom stereocenters. The highest BCUT2D eigenvalue weighted by molar-refractivity contribution is 7.93. The lowest BCUT2D eigenvalue weighted by Crippen LogP contribution is -2.56. The van der Waals surface area contributed by atoms with Crippen molar-refractivity contribution in [2.24, 2.45) is 10.7 Å². The minimum atomic E-state index is -3.94. The van der Waals surface area contributed by atoms with Gasteiger partial charge in [0.2, 0.25) is 5.88 Å². The lowest BCUT2D eigenvalue weighted by atomic mass is 9.81. The van der Waals surface area contributed by atoms with Crippen molar-refractivity contribution in [3.05, 3.63) is 53.2 Å². The summed E-state index contributed by atoms with van der Waals surface area (Å²) in [7, 11) is -3.94. The van der Waals surface area contributed by atoms with Crippen LogP contribution in [0.1, 0.15) is 36.6 Å². The van der Waals surface area contributed by atoms with E-state index in [1.807, 2.05) is 0 Å². The third-order valence-corrected chi connectivity index (χ3v) is 7.81. The minimum absolute atomic E-state index is 0.0183. The Kier molecular flexibility index (Phi) is 7.48. The van der Waals surface area contributed by atoms with Gasteiger partial charge in [0.05, 0.1) is 17.9 Å². The van der Waals surface area contributed by atoms with E-state index in [9.17, 15) is 30.4 Å². The molecule has 0 saturated heterocycles. The number of rotatable bonds is 8. The topological polar surface area (TPSA) is 108 Å². The third-order valence-electron chi connectivity index (χ3n) is 5.87. The number of hydrogen-bond donors (Lipinski definition) is 1. The number of halogens is 5. The summed E-state index contributed by atoms with van der Waals surface area (Å²) in [5.41, 5.74) is 4.59. The summed E-state index contributed by atoms with van der Waals surface area (Å²) >= 11 is 0. The predicted octanol–water partition coefficient (Wildman–Crippen LogP) is 3.85. The first kappa shape index (κ1) is 26.5. The number of alkyl halides is 3. The summed E-state index contributed by atoms with van der Waals surface area (Å²) < 4.78 is 94.7. The zero-order valence-corrected chi connectivity index (χ0v) is 19.6. The molecule has 0 amide bonds. The molecule has 1 aliphatic rings. The molecule has 190 valence electrons. The van der Waals surface area contributed by atoms with Gasteiger partial charge in [0, 0.05) is 11.8 Å². The molecule has 2 aromatic rings. The molecule has 1 aromatic carbocycles. The molecular formula is C22H23F5N4O3S. The molecular weight excluding hydrogens is 495 g/mol. The van der Waals surface area contributed by atoms with Gasteiger partial charge in [-0.15, -0.1) is 0 Å². The summed E-state index contributed by atoms with van der Waals surface area (Å²) in [6.45, 7) is -0.621. The molecule has 0 spiro atoms. The molecule has 0 saturated carbocycles. The van der Waals surface area contributed by atoms with Crippen LogP contribution in [-0.4, -0.2) is 54.9 Å². The van der Waals surface area contributed by atoms with Crippen LogP contribution in [-0.2, 0) is 15.4 Å². The van der Waals surface area contributed by atoms with Crippen molar-refractivity contribution >= 4 is 27.6 Å². The minimum Gasteiger partial charge on any atom is -0.470 e. The molecule has 2 N–H and O–H groups in total. The molecule has 0 fully saturated rings. The summed E-state index contributed by atoms with van der Waals surface area (Å²) in [6, 6.07) is 3.71. The third kappa shape index (κ3) is 5.44. The lowest BCUT2D eigenvalue weighted by Gasteiger charge is -2.39. The zero-order chi connectivity index (χ0) is 26.0. The van der Waals surface area contributed by atoms with Gasteiger partial charge in [-0.2, -0.15) is 0 Å². The first-order valence-electron chi connectivity index (χ1n) is 10.3. The first-order valence-corrected chi connectivity index (χ1v) is 12.2. The average molecular weight is 519 g/mol. The van der Waals surface area contributed by atoms with Crippen LogP contribution in [0.5, 0.6) is 5.88 Å². The SMILES string of the molecule is C[C@@]1(c2cc(/C=C(\F)c3cnc(OCC(F)F)cn3)ccc2F)CC[C@@](CF)(S(C)(=O)=O)C(N)=N1. The van der Waals surface area contributed by atoms with Crippen molar-refractivity contribution in [3.63, 3.8) is 0 Å². The fourth-order valence-electron chi connectivity index (χ4n) is 3.73. The number of hydrogen-bond acceptors (Lipinski definition) is 7. The van der Waals surface area contributed by atoms with Crippen molar-refractivity contribution in [1.82, 2.24) is 9.97 Å². The Hall–Kier alpha value is -3.09. The molecule has 0 bridgehead atoms. The van der Waals surface area contributed by atoms with Crippen molar-refractivity contribution < 1.29 is 35.1 Å². The van der Waals surface area contributed by atoms with Gasteiger partial charge in [-0.1, -0.05) is 6.07 Å². The Morgan fingerprint density at radius 3 is 2.51 bits per heavy atom. The molecule has 35 heavy (non-hydrogen) atoms. The molecule has 7 nitrogen and oxygen atoms in total. The standard InChI is InChI=1S/C22H23F5N4O3S/c1-21(5-6-22(12-23,20(28)31-21)35(2,32)33)14-7-13(3-4-15(14)24)8-16(25)17-9-30-19(10-29-17)34-11-18(26)27/h3-4,7-10,18H,5-6,11-12H2,1-2H3,(H2,28,31)/b16-8-/t21-,22-/m0/s1. The van der Waals surface area contributed by atoms with E-state index in [4.69, 9.17) is 5.73 Å². The highest BCUT2D eigenvalue weighted by Gasteiger charge is 2.51. The van der Waals surface area contributed by atoms with Crippen LogP contribution >= 0.6 is 0 Å². The number of benzene rings is 1. The second-order valence-electron chi connectivity index (χ2n) is 8.34. The Bertz CT molecular complexity index is 1250. The van der Waals surface area contributed by atoms with Gasteiger partial charge in [0.1, 0.15) is 24.0 Å². The van der Waals surface area contributed by atoms with Crippen LogP contribution in [0.2, 0.25) is 0 Å². The molecule has 1 aliphatic heterocycles. The fraction of sp³-hybridized carbons (Fsp3) is 0.409. The smallest absolute Gasteiger partial charge is 0.272 e. The second-order valence-corrected chi connectivity index (χ2v) is 10.7. The predicted molar refractivity (Wildman–Crippen MR) is 121 cm³/mol. The summed E-state index contributed by atoms with van der Waals surface area (Å²) in [6.07, 6.45) is 0.959. The molecule has 0 aliphatic carbocycles. The second kappa shape index (κ2) is 9.88. The van der Waals surface area contributed by atoms with Crippen LogP contribution in [0.4, 0.5) is 22.0 Å². The number of nitrogens with zero attached hydrogens (tertiary/aromatic N) is 3. The Morgan fingerprint density at radius 1 is 1.26 bits per heavy atom. The van der Waals surface area contributed by atoms with Crippen molar-refractivity contribution in [3.8, 4) is 5.88 Å². The molecule has 13 heteroatoms. The van der Waals surface area contributed by atoms with Gasteiger partial charge in [0.15, 0.2) is 27.0 Å². The molecule has 2 heterocycles. The maximum Gasteiger partial charge on any atom is 0.272 e. The van der Waals surface area contributed by atoms with E-state index in [2.05, 4.69) is 19.7 Å². The maximum atomic E-state index is 14.8. The van der Waals surface area contributed by atoms with Gasteiger partial charge in [0.25, 0.3) is 6.43 Å². The number of nitrogens with two attached hydrogens (primary N) is 1. The summed E-state index contributed by atoms with van der Waals surface area (Å²) in [5, 5.41) is 0. The van der Waals surface area contributed by atoms with Crippen molar-refractivity contribution in [2.45, 2.75) is 36.5 Å². The number of amidine groups is 1. The van der Waals surface area contributed by atoms with E-state index in [1.54, 1.807) is 0 Å². The Morgan fingerprint density at radius 2 is 1.97 bits per heavy atom. The van der Waals surface area contributed by atoms with Gasteiger partial charge in [-0.05, 0) is 43.5 Å². The first-order chi connectivity index (χ1) is 16.3. The maximum absolute atomic E-state index is 14.8. The van der Waals surface area contributed by atoms with Crippen LogP contribution < -0.4 is 10.5 Å². The van der Waals surface area contributed by atoms with Crippen LogP contribution in [0.25, 0.3) is 11.9 Å². The molecule has 1 aromatic heterocycles. The zero-order valence-electron chi connectivity index (χ0n) is 18.8. The quantitative estimate of drug-likeness (QED) is 0.532. The van der Waals surface area contributed by atoms with Crippen LogP contribution in [0.3, 0.4) is 0 Å². The summed E-state index contributed by atoms with van der Waals surface area (Å²) in [4.78, 5) is 11.7. The number of aromatic nitrogens is 2. The number of ether oxygens (including phenoxy) is 1. The van der Waals surface area contributed by atoms with Gasteiger partial charge in [-0.25, -0.2) is 40.3 Å². The lowest BCUT2D eigenvalue weighted by molar-refractivity contribution is 0.0793. The van der Waals surface area contributed by atoms with Crippen molar-refractivity contribution in [1.29, 1.82) is 0 Å². The fourth-order valence-corrected chi connectivity index (χ4v) is 4.83. The van der Waals surface area contributed by atoms with Crippen molar-refractivity contribution in [2.75, 3.05) is 19.5 Å². The van der Waals surface area contributed by atoms with E-state index in [0.717, 1.165) is 30.8 Å². The van der Waals surface area contributed by atoms with E-state index in [0.29, 0.717) is 0 Å². The molecule has 3 rings (SSSR count). The summed E-state index contributed by atoms with van der Waals surface area (Å²) in [5.74, 6) is -2.19. The Balaban J connectivity index is 1.92. The van der Waals surface area contributed by atoms with E-state index in [1.165, 1.54) is 19.1 Å². The molecule has 0 unspecified atom stereocenters. The number of aliphatic imine (C=N–C) groups is 1.